The Hall–Kier alpha value is -1.45. The lowest BCUT2D eigenvalue weighted by atomic mass is 10.3. The summed E-state index contributed by atoms with van der Waals surface area (Å²) in [7, 11) is 0. The molecule has 0 fully saturated rings. The van der Waals surface area contributed by atoms with Crippen molar-refractivity contribution < 1.29 is 10.0 Å². The van der Waals surface area contributed by atoms with Gasteiger partial charge in [-0.1, -0.05) is 18.7 Å². The summed E-state index contributed by atoms with van der Waals surface area (Å²) in [5.41, 5.74) is 1.87. The molecule has 4 N–H and O–H groups in total. The molecule has 0 aromatic carbocycles. The number of rotatable bonds is 5. The first-order valence-electron chi connectivity index (χ1n) is 4.78. The predicted molar refractivity (Wildman–Crippen MR) is 63.5 cm³/mol. The quantitative estimate of drug-likeness (QED) is 0.230. The number of nitrogens with two attached hydrogens (primary N) is 1. The van der Waals surface area contributed by atoms with E-state index in [4.69, 9.17) is 5.84 Å². The number of nitrogens with zero attached hydrogens (tertiary/aromatic N) is 3. The van der Waals surface area contributed by atoms with Gasteiger partial charge in [0.1, 0.15) is 6.33 Å². The highest BCUT2D eigenvalue weighted by atomic mass is 32.2. The summed E-state index contributed by atoms with van der Waals surface area (Å²) < 4.78 is 0. The highest BCUT2D eigenvalue weighted by Gasteiger charge is 2.25. The van der Waals surface area contributed by atoms with E-state index in [-0.39, 0.29) is 21.8 Å². The second kappa shape index (κ2) is 5.75. The number of nitrogen functional groups attached to an aromatic ring is 1. The monoisotopic (exact) mass is 259 g/mol. The van der Waals surface area contributed by atoms with Gasteiger partial charge in [0.25, 0.3) is 0 Å². The van der Waals surface area contributed by atoms with Crippen LogP contribution in [0.3, 0.4) is 0 Å². The average Bonchev–Trinajstić information content (AvgIpc) is 2.27. The van der Waals surface area contributed by atoms with Crippen LogP contribution in [0.15, 0.2) is 11.4 Å². The lowest BCUT2D eigenvalue weighted by Gasteiger charge is -2.13. The number of aromatic nitrogens is 2. The smallest absolute Gasteiger partial charge is 0.344 e. The second-order valence-electron chi connectivity index (χ2n) is 3.34. The standard InChI is InChI=1S/C8H13N5O3S/c1-4(14)5(2)17-8-6(13(15)16)7(12-9)10-3-11-8/h3-5,14H,9H2,1-2H3,(H,10,11,12). The summed E-state index contributed by atoms with van der Waals surface area (Å²) in [6.07, 6.45) is 0.572. The molecule has 0 aliphatic heterocycles. The summed E-state index contributed by atoms with van der Waals surface area (Å²) in [6, 6.07) is 0. The van der Waals surface area contributed by atoms with Crippen molar-refractivity contribution in [1.82, 2.24) is 9.97 Å². The fourth-order valence-corrected chi connectivity index (χ4v) is 1.93. The number of anilines is 1. The van der Waals surface area contributed by atoms with Gasteiger partial charge < -0.3 is 10.5 Å². The maximum absolute atomic E-state index is 10.9. The van der Waals surface area contributed by atoms with Gasteiger partial charge in [0.15, 0.2) is 5.03 Å². The fraction of sp³-hybridized carbons (Fsp3) is 0.500. The molecule has 0 radical (unpaired) electrons. The first-order chi connectivity index (χ1) is 7.97. The molecule has 1 rings (SSSR count). The Morgan fingerprint density at radius 3 is 2.71 bits per heavy atom. The van der Waals surface area contributed by atoms with Crippen molar-refractivity contribution in [2.24, 2.45) is 5.84 Å². The molecule has 0 aliphatic carbocycles. The summed E-state index contributed by atoms with van der Waals surface area (Å²) in [5, 5.41) is 20.2. The largest absolute Gasteiger partial charge is 0.392 e. The van der Waals surface area contributed by atoms with Gasteiger partial charge in [-0.3, -0.25) is 10.1 Å². The van der Waals surface area contributed by atoms with Crippen LogP contribution >= 0.6 is 11.8 Å². The van der Waals surface area contributed by atoms with E-state index in [1.807, 2.05) is 0 Å². The molecule has 2 atom stereocenters. The average molecular weight is 259 g/mol. The molecule has 0 bridgehead atoms. The Bertz CT molecular complexity index is 414. The number of thioether (sulfide) groups is 1. The summed E-state index contributed by atoms with van der Waals surface area (Å²) in [4.78, 5) is 17.8. The molecule has 1 heterocycles. The maximum atomic E-state index is 10.9. The van der Waals surface area contributed by atoms with Crippen molar-refractivity contribution in [3.8, 4) is 0 Å². The van der Waals surface area contributed by atoms with Crippen molar-refractivity contribution in [1.29, 1.82) is 0 Å². The molecule has 0 saturated heterocycles. The van der Waals surface area contributed by atoms with Crippen molar-refractivity contribution in [2.75, 3.05) is 5.43 Å². The minimum absolute atomic E-state index is 0.0507. The molecular formula is C8H13N5O3S. The van der Waals surface area contributed by atoms with Crippen LogP contribution in [0, 0.1) is 10.1 Å². The molecule has 2 unspecified atom stereocenters. The van der Waals surface area contributed by atoms with Crippen LogP contribution in [0.2, 0.25) is 0 Å². The minimum Gasteiger partial charge on any atom is -0.392 e. The molecule has 94 valence electrons. The molecule has 0 spiro atoms. The summed E-state index contributed by atoms with van der Waals surface area (Å²) in [6.45, 7) is 3.35. The number of aliphatic hydroxyl groups is 1. The molecule has 17 heavy (non-hydrogen) atoms. The van der Waals surface area contributed by atoms with Gasteiger partial charge in [-0.25, -0.2) is 15.8 Å². The van der Waals surface area contributed by atoms with Crippen LogP contribution in [-0.2, 0) is 0 Å². The van der Waals surface area contributed by atoms with E-state index in [1.165, 1.54) is 6.33 Å². The molecular weight excluding hydrogens is 246 g/mol. The molecule has 0 saturated carbocycles. The fourth-order valence-electron chi connectivity index (χ4n) is 0.994. The number of hydrogen-bond donors (Lipinski definition) is 3. The Balaban J connectivity index is 3.10. The van der Waals surface area contributed by atoms with E-state index < -0.39 is 11.0 Å². The van der Waals surface area contributed by atoms with Crippen molar-refractivity contribution in [3.63, 3.8) is 0 Å². The van der Waals surface area contributed by atoms with E-state index in [0.29, 0.717) is 0 Å². The van der Waals surface area contributed by atoms with Crippen molar-refractivity contribution in [2.45, 2.75) is 30.2 Å². The van der Waals surface area contributed by atoms with Gasteiger partial charge in [0.05, 0.1) is 11.0 Å². The van der Waals surface area contributed by atoms with Gasteiger partial charge in [0, 0.05) is 5.25 Å². The minimum atomic E-state index is -0.608. The van der Waals surface area contributed by atoms with Crippen LogP contribution in [0.4, 0.5) is 11.5 Å². The lowest BCUT2D eigenvalue weighted by molar-refractivity contribution is -0.387. The Morgan fingerprint density at radius 1 is 1.59 bits per heavy atom. The highest BCUT2D eigenvalue weighted by molar-refractivity contribution is 8.00. The third kappa shape index (κ3) is 3.25. The van der Waals surface area contributed by atoms with Crippen LogP contribution < -0.4 is 11.3 Å². The molecule has 0 amide bonds. The molecule has 9 heteroatoms. The van der Waals surface area contributed by atoms with E-state index >= 15 is 0 Å². The van der Waals surface area contributed by atoms with E-state index in [2.05, 4.69) is 15.4 Å². The normalized spacial score (nSPS) is 14.1. The first kappa shape index (κ1) is 13.6. The number of aliphatic hydroxyl groups excluding tert-OH is 1. The zero-order chi connectivity index (χ0) is 13.0. The molecule has 8 nitrogen and oxygen atoms in total. The second-order valence-corrected chi connectivity index (χ2v) is 4.71. The van der Waals surface area contributed by atoms with Gasteiger partial charge >= 0.3 is 5.69 Å². The Morgan fingerprint density at radius 2 is 2.24 bits per heavy atom. The van der Waals surface area contributed by atoms with Crippen LogP contribution in [0.5, 0.6) is 0 Å². The van der Waals surface area contributed by atoms with Crippen LogP contribution in [0.25, 0.3) is 0 Å². The number of nitrogens with one attached hydrogen (secondary N) is 1. The molecule has 0 aliphatic rings. The van der Waals surface area contributed by atoms with Gasteiger partial charge in [-0.15, -0.1) is 0 Å². The zero-order valence-corrected chi connectivity index (χ0v) is 10.1. The van der Waals surface area contributed by atoms with E-state index in [0.717, 1.165) is 11.8 Å². The molecule has 1 aromatic rings. The van der Waals surface area contributed by atoms with E-state index in [9.17, 15) is 15.2 Å². The van der Waals surface area contributed by atoms with Crippen molar-refractivity contribution in [3.05, 3.63) is 16.4 Å². The topological polar surface area (TPSA) is 127 Å². The molecule has 1 aromatic heterocycles. The van der Waals surface area contributed by atoms with Gasteiger partial charge in [0.2, 0.25) is 5.82 Å². The number of hydrogen-bond acceptors (Lipinski definition) is 8. The summed E-state index contributed by atoms with van der Waals surface area (Å²) in [5.74, 6) is 5.09. The van der Waals surface area contributed by atoms with Crippen LogP contribution in [0.1, 0.15) is 13.8 Å². The van der Waals surface area contributed by atoms with Gasteiger partial charge in [-0.2, -0.15) is 0 Å². The zero-order valence-electron chi connectivity index (χ0n) is 9.32. The van der Waals surface area contributed by atoms with E-state index in [1.54, 1.807) is 13.8 Å². The third-order valence-corrected chi connectivity index (χ3v) is 3.37. The third-order valence-electron chi connectivity index (χ3n) is 2.08. The maximum Gasteiger partial charge on any atom is 0.344 e. The van der Waals surface area contributed by atoms with Crippen LogP contribution in [-0.4, -0.2) is 31.4 Å². The number of hydrazine groups is 1. The number of nitro groups is 1. The Kier molecular flexibility index (Phi) is 4.61. The Labute approximate surface area is 102 Å². The van der Waals surface area contributed by atoms with Crippen molar-refractivity contribution >= 4 is 23.3 Å². The summed E-state index contributed by atoms with van der Waals surface area (Å²) >= 11 is 1.10. The SMILES string of the molecule is CC(O)C(C)Sc1ncnc(NN)c1[N+](=O)[O-]. The highest BCUT2D eigenvalue weighted by Crippen LogP contribution is 2.34. The first-order valence-corrected chi connectivity index (χ1v) is 5.66. The van der Waals surface area contributed by atoms with Gasteiger partial charge in [-0.05, 0) is 6.92 Å². The predicted octanol–water partition coefficient (Wildman–Crippen LogP) is 0.532. The lowest BCUT2D eigenvalue weighted by Crippen LogP contribution is -2.16.